The maximum absolute atomic E-state index is 13.4. The topological polar surface area (TPSA) is 83.1 Å². The molecule has 1 atom stereocenters. The summed E-state index contributed by atoms with van der Waals surface area (Å²) in [5.41, 5.74) is 2.41. The van der Waals surface area contributed by atoms with Gasteiger partial charge in [0, 0.05) is 27.9 Å². The molecule has 1 N–H and O–H groups in total. The minimum Gasteiger partial charge on any atom is -0.467 e. The fourth-order valence-electron chi connectivity index (χ4n) is 3.94. The van der Waals surface area contributed by atoms with Crippen molar-refractivity contribution in [1.29, 1.82) is 0 Å². The number of ketones is 1. The molecule has 2 aliphatic rings. The summed E-state index contributed by atoms with van der Waals surface area (Å²) in [4.78, 5) is 26.8. The Bertz CT molecular complexity index is 1210. The lowest BCUT2D eigenvalue weighted by molar-refractivity contribution is -0.118. The van der Waals surface area contributed by atoms with E-state index < -0.39 is 11.8 Å². The average Bonchev–Trinajstić information content (AvgIpc) is 3.30. The van der Waals surface area contributed by atoms with E-state index in [2.05, 4.69) is 5.32 Å². The molecule has 2 aliphatic heterocycles. The Morgan fingerprint density at radius 2 is 1.76 bits per heavy atom. The van der Waals surface area contributed by atoms with Crippen LogP contribution < -0.4 is 19.5 Å². The number of hydrogen-bond acceptors (Lipinski definition) is 6. The van der Waals surface area contributed by atoms with Crippen molar-refractivity contribution in [3.63, 3.8) is 0 Å². The Morgan fingerprint density at radius 1 is 0.939 bits per heavy atom. The zero-order valence-electron chi connectivity index (χ0n) is 17.5. The molecule has 0 fully saturated rings. The van der Waals surface area contributed by atoms with Crippen molar-refractivity contribution in [1.82, 2.24) is 0 Å². The number of anilines is 1. The summed E-state index contributed by atoms with van der Waals surface area (Å²) < 4.78 is 21.7. The predicted octanol–water partition coefficient (Wildman–Crippen LogP) is 4.62. The molecule has 3 aromatic rings. The molecule has 0 aliphatic carbocycles. The van der Waals surface area contributed by atoms with E-state index in [1.165, 1.54) is 0 Å². The molecular weight excluding hydrogens is 446 g/mol. The summed E-state index contributed by atoms with van der Waals surface area (Å²) in [6.45, 7) is 0.581. The first-order valence-corrected chi connectivity index (χ1v) is 10.8. The average molecular weight is 466 g/mol. The fraction of sp³-hybridized carbons (Fsp3) is 0.200. The summed E-state index contributed by atoms with van der Waals surface area (Å²) in [5.74, 6) is 0.00300. The van der Waals surface area contributed by atoms with Crippen LogP contribution in [0.2, 0.25) is 5.02 Å². The van der Waals surface area contributed by atoms with E-state index in [0.29, 0.717) is 45.7 Å². The number of amides is 1. The van der Waals surface area contributed by atoms with Gasteiger partial charge in [0.2, 0.25) is 12.7 Å². The van der Waals surface area contributed by atoms with E-state index in [1.807, 2.05) is 6.07 Å². The maximum Gasteiger partial charge on any atom is 0.235 e. The van der Waals surface area contributed by atoms with Crippen molar-refractivity contribution in [2.45, 2.75) is 13.0 Å². The van der Waals surface area contributed by atoms with Crippen LogP contribution in [0.5, 0.6) is 17.2 Å². The molecule has 2 heterocycles. The molecule has 5 rings (SSSR count). The van der Waals surface area contributed by atoms with Crippen molar-refractivity contribution >= 4 is 29.0 Å². The SMILES string of the molecule is O=C(Nc1ccc2c(c1)OCO2)[C@@H](Cc1cc(Cl)cc2c1OCOC2)C(=O)c1ccccc1. The summed E-state index contributed by atoms with van der Waals surface area (Å²) in [6.07, 6.45) is 0.118. The zero-order valence-corrected chi connectivity index (χ0v) is 18.3. The number of Topliss-reactive ketones (excluding diaryl/α,β-unsaturated/α-hetero) is 1. The van der Waals surface area contributed by atoms with E-state index in [9.17, 15) is 9.59 Å². The smallest absolute Gasteiger partial charge is 0.235 e. The van der Waals surface area contributed by atoms with Crippen LogP contribution in [0, 0.1) is 5.92 Å². The molecule has 0 aromatic heterocycles. The van der Waals surface area contributed by atoms with Crippen LogP contribution in [0.4, 0.5) is 5.69 Å². The van der Waals surface area contributed by atoms with E-state index in [1.54, 1.807) is 54.6 Å². The summed E-state index contributed by atoms with van der Waals surface area (Å²) in [5, 5.41) is 3.33. The van der Waals surface area contributed by atoms with Gasteiger partial charge in [0.05, 0.1) is 6.61 Å². The summed E-state index contributed by atoms with van der Waals surface area (Å²) >= 11 is 6.30. The molecule has 8 heteroatoms. The van der Waals surface area contributed by atoms with Crippen molar-refractivity contribution in [2.24, 2.45) is 5.92 Å². The van der Waals surface area contributed by atoms with Crippen molar-refractivity contribution in [2.75, 3.05) is 18.9 Å². The Morgan fingerprint density at radius 3 is 2.61 bits per heavy atom. The first kappa shape index (κ1) is 21.3. The van der Waals surface area contributed by atoms with Gasteiger partial charge >= 0.3 is 0 Å². The predicted molar refractivity (Wildman–Crippen MR) is 121 cm³/mol. The highest BCUT2D eigenvalue weighted by Crippen LogP contribution is 2.36. The highest BCUT2D eigenvalue weighted by Gasteiger charge is 2.31. The van der Waals surface area contributed by atoms with Crippen LogP contribution in [-0.4, -0.2) is 25.3 Å². The first-order valence-electron chi connectivity index (χ1n) is 10.4. The Balaban J connectivity index is 1.47. The lowest BCUT2D eigenvalue weighted by Gasteiger charge is -2.23. The number of halogens is 1. The molecule has 0 saturated heterocycles. The van der Waals surface area contributed by atoms with Crippen LogP contribution in [0.3, 0.4) is 0 Å². The molecule has 0 spiro atoms. The minimum atomic E-state index is -1.01. The quantitative estimate of drug-likeness (QED) is 0.422. The zero-order chi connectivity index (χ0) is 22.8. The third kappa shape index (κ3) is 4.51. The monoisotopic (exact) mass is 465 g/mol. The van der Waals surface area contributed by atoms with Gasteiger partial charge in [-0.15, -0.1) is 0 Å². The molecule has 7 nitrogen and oxygen atoms in total. The van der Waals surface area contributed by atoms with E-state index >= 15 is 0 Å². The van der Waals surface area contributed by atoms with Crippen LogP contribution in [0.25, 0.3) is 0 Å². The van der Waals surface area contributed by atoms with Crippen molar-refractivity contribution in [3.8, 4) is 17.2 Å². The number of carbonyl (C=O) groups excluding carboxylic acids is 2. The van der Waals surface area contributed by atoms with E-state index in [-0.39, 0.29) is 25.8 Å². The van der Waals surface area contributed by atoms with Crippen molar-refractivity contribution < 1.29 is 28.5 Å². The standard InChI is InChI=1S/C25H20ClNO6/c26-18-8-16(24-17(9-18)12-30-13-33-24)10-20(23(28)15-4-2-1-3-5-15)25(29)27-19-6-7-21-22(11-19)32-14-31-21/h1-9,11,20H,10,12-14H2,(H,27,29)/t20-/m0/s1. The van der Waals surface area contributed by atoms with E-state index in [4.69, 9.17) is 30.5 Å². The molecular formula is C25H20ClNO6. The van der Waals surface area contributed by atoms with Gasteiger partial charge in [0.15, 0.2) is 24.1 Å². The molecule has 168 valence electrons. The first-order chi connectivity index (χ1) is 16.1. The second-order valence-corrected chi connectivity index (χ2v) is 8.14. The Hall–Kier alpha value is -3.55. The van der Waals surface area contributed by atoms with Gasteiger partial charge < -0.3 is 24.3 Å². The van der Waals surface area contributed by atoms with Crippen LogP contribution in [-0.2, 0) is 22.6 Å². The third-order valence-electron chi connectivity index (χ3n) is 5.51. The maximum atomic E-state index is 13.4. The van der Waals surface area contributed by atoms with Gasteiger partial charge in [-0.3, -0.25) is 9.59 Å². The third-order valence-corrected chi connectivity index (χ3v) is 5.73. The molecule has 0 radical (unpaired) electrons. The molecule has 0 unspecified atom stereocenters. The number of nitrogens with one attached hydrogen (secondary N) is 1. The number of benzene rings is 3. The fourth-order valence-corrected chi connectivity index (χ4v) is 4.20. The number of hydrogen-bond donors (Lipinski definition) is 1. The van der Waals surface area contributed by atoms with Gasteiger partial charge in [0.1, 0.15) is 11.7 Å². The van der Waals surface area contributed by atoms with Gasteiger partial charge in [-0.2, -0.15) is 0 Å². The molecule has 33 heavy (non-hydrogen) atoms. The lowest BCUT2D eigenvalue weighted by atomic mass is 9.89. The van der Waals surface area contributed by atoms with Crippen LogP contribution >= 0.6 is 11.6 Å². The van der Waals surface area contributed by atoms with E-state index in [0.717, 1.165) is 5.56 Å². The largest absolute Gasteiger partial charge is 0.467 e. The van der Waals surface area contributed by atoms with Crippen molar-refractivity contribution in [3.05, 3.63) is 82.4 Å². The van der Waals surface area contributed by atoms with Gasteiger partial charge in [-0.1, -0.05) is 41.9 Å². The number of ether oxygens (including phenoxy) is 4. The summed E-state index contributed by atoms with van der Waals surface area (Å²) in [7, 11) is 0. The van der Waals surface area contributed by atoms with Gasteiger partial charge in [0.25, 0.3) is 0 Å². The Kier molecular flexibility index (Phi) is 5.90. The number of carbonyl (C=O) groups is 2. The normalized spacial score (nSPS) is 14.7. The van der Waals surface area contributed by atoms with Crippen LogP contribution in [0.15, 0.2) is 60.7 Å². The Labute approximate surface area is 195 Å². The van der Waals surface area contributed by atoms with Gasteiger partial charge in [-0.25, -0.2) is 0 Å². The second kappa shape index (κ2) is 9.13. The molecule has 0 saturated carbocycles. The second-order valence-electron chi connectivity index (χ2n) is 7.71. The molecule has 1 amide bonds. The molecule has 3 aromatic carbocycles. The van der Waals surface area contributed by atoms with Gasteiger partial charge in [-0.05, 0) is 36.2 Å². The lowest BCUT2D eigenvalue weighted by Crippen LogP contribution is -2.32. The minimum absolute atomic E-state index is 0.0995. The van der Waals surface area contributed by atoms with Crippen LogP contribution in [0.1, 0.15) is 21.5 Å². The number of rotatable bonds is 6. The summed E-state index contributed by atoms with van der Waals surface area (Å²) in [6, 6.07) is 17.3. The number of fused-ring (bicyclic) bond motifs is 2. The highest BCUT2D eigenvalue weighted by molar-refractivity contribution is 6.30. The molecule has 0 bridgehead atoms. The highest BCUT2D eigenvalue weighted by atomic mass is 35.5.